The number of nitrogens with one attached hydrogen (secondary N) is 2. The van der Waals surface area contributed by atoms with Gasteiger partial charge in [0.1, 0.15) is 17.7 Å². The molecule has 10 nitrogen and oxygen atoms in total. The van der Waals surface area contributed by atoms with Gasteiger partial charge in [-0.05, 0) is 67.6 Å². The highest BCUT2D eigenvalue weighted by Crippen LogP contribution is 2.35. The first-order chi connectivity index (χ1) is 19.9. The van der Waals surface area contributed by atoms with E-state index < -0.39 is 51.7 Å². The molecule has 0 saturated heterocycles. The first-order valence-corrected chi connectivity index (χ1v) is 14.6. The number of rotatable bonds is 8. The van der Waals surface area contributed by atoms with Crippen LogP contribution in [0.1, 0.15) is 24.2 Å². The third kappa shape index (κ3) is 6.86. The molecule has 3 aromatic carbocycles. The lowest BCUT2D eigenvalue weighted by Crippen LogP contribution is -2.50. The van der Waals surface area contributed by atoms with Gasteiger partial charge < -0.3 is 25.4 Å². The summed E-state index contributed by atoms with van der Waals surface area (Å²) in [5, 5.41) is 15.1. The number of ether oxygens (including phenoxy) is 1. The molecular weight excluding hydrogens is 570 g/mol. The van der Waals surface area contributed by atoms with Crippen molar-refractivity contribution < 1.29 is 36.6 Å². The Morgan fingerprint density at radius 3 is 2.31 bits per heavy atom. The van der Waals surface area contributed by atoms with Crippen molar-refractivity contribution in [1.82, 2.24) is 9.21 Å². The second kappa shape index (κ2) is 12.8. The summed E-state index contributed by atoms with van der Waals surface area (Å²) in [5.41, 5.74) is 0.572. The fraction of sp³-hybridized carbons (Fsp3) is 0.310. The van der Waals surface area contributed by atoms with Crippen LogP contribution in [0.5, 0.6) is 5.75 Å². The number of amides is 3. The third-order valence-corrected chi connectivity index (χ3v) is 8.84. The number of para-hydroxylation sites is 1. The molecule has 1 heterocycles. The summed E-state index contributed by atoms with van der Waals surface area (Å²) in [4.78, 5) is 27.8. The fourth-order valence-corrected chi connectivity index (χ4v) is 5.70. The van der Waals surface area contributed by atoms with Crippen molar-refractivity contribution in [1.29, 1.82) is 0 Å². The largest absolute Gasteiger partial charge is 0.486 e. The highest BCUT2D eigenvalue weighted by molar-refractivity contribution is 7.89. The van der Waals surface area contributed by atoms with Gasteiger partial charge in [-0.1, -0.05) is 13.0 Å². The zero-order valence-electron chi connectivity index (χ0n) is 23.3. The number of benzene rings is 3. The van der Waals surface area contributed by atoms with Crippen LogP contribution in [0.15, 0.2) is 71.6 Å². The molecule has 0 spiro atoms. The summed E-state index contributed by atoms with van der Waals surface area (Å²) >= 11 is 0. The summed E-state index contributed by atoms with van der Waals surface area (Å²) in [6.45, 7) is 3.17. The Morgan fingerprint density at radius 2 is 1.69 bits per heavy atom. The zero-order valence-corrected chi connectivity index (χ0v) is 24.1. The maximum Gasteiger partial charge on any atom is 0.323 e. The van der Waals surface area contributed by atoms with E-state index in [1.165, 1.54) is 60.5 Å². The molecule has 0 bridgehead atoms. The Labute approximate surface area is 242 Å². The van der Waals surface area contributed by atoms with E-state index in [-0.39, 0.29) is 41.6 Å². The van der Waals surface area contributed by atoms with Gasteiger partial charge in [-0.3, -0.25) is 4.79 Å². The third-order valence-electron chi connectivity index (χ3n) is 7.00. The van der Waals surface area contributed by atoms with E-state index in [9.17, 15) is 31.9 Å². The molecule has 4 rings (SSSR count). The summed E-state index contributed by atoms with van der Waals surface area (Å²) < 4.78 is 60.6. The molecule has 3 amide bonds. The first kappa shape index (κ1) is 30.9. The standard InChI is InChI=1S/C29H32F2N4O6S/c1-18-15-35(19(2)17-36)28(37)24-5-4-6-25(33-29(38)32-22-11-7-20(30)8-12-22)27(24)41-26(18)16-34(3)42(39,40)23-13-9-21(31)10-14-23/h4-14,18-19,26,36H,15-17H2,1-3H3,(H2,32,33,38)/t18-,19-,26+/m0/s1. The molecule has 0 fully saturated rings. The second-order valence-corrected chi connectivity index (χ2v) is 12.2. The molecule has 0 aliphatic carbocycles. The predicted octanol–water partition coefficient (Wildman–Crippen LogP) is 4.15. The van der Waals surface area contributed by atoms with Crippen LogP contribution >= 0.6 is 0 Å². The van der Waals surface area contributed by atoms with E-state index >= 15 is 0 Å². The van der Waals surface area contributed by atoms with Crippen LogP contribution < -0.4 is 15.4 Å². The molecule has 3 N–H and O–H groups in total. The number of anilines is 2. The Hall–Kier alpha value is -4.07. The Kier molecular flexibility index (Phi) is 9.44. The van der Waals surface area contributed by atoms with Crippen LogP contribution in [0.2, 0.25) is 0 Å². The van der Waals surface area contributed by atoms with Gasteiger partial charge in [0.25, 0.3) is 5.91 Å². The maximum atomic E-state index is 13.6. The minimum absolute atomic E-state index is 0.0241. The van der Waals surface area contributed by atoms with Gasteiger partial charge in [0.15, 0.2) is 5.75 Å². The summed E-state index contributed by atoms with van der Waals surface area (Å²) in [6, 6.07) is 12.9. The number of urea groups is 1. The fourth-order valence-electron chi connectivity index (χ4n) is 4.52. The molecule has 1 aliphatic heterocycles. The van der Waals surface area contributed by atoms with Gasteiger partial charge >= 0.3 is 6.03 Å². The Balaban J connectivity index is 1.68. The molecule has 0 saturated carbocycles. The SMILES string of the molecule is C[C@H]1CN([C@@H](C)CO)C(=O)c2cccc(NC(=O)Nc3ccc(F)cc3)c2O[C@@H]1CN(C)S(=O)(=O)c1ccc(F)cc1. The molecule has 224 valence electrons. The number of hydrogen-bond acceptors (Lipinski definition) is 6. The molecule has 42 heavy (non-hydrogen) atoms. The maximum absolute atomic E-state index is 13.6. The van der Waals surface area contributed by atoms with Crippen LogP contribution in [0.4, 0.5) is 25.0 Å². The average molecular weight is 603 g/mol. The lowest BCUT2D eigenvalue weighted by molar-refractivity contribution is 0.0389. The molecular formula is C29H32F2N4O6S. The van der Waals surface area contributed by atoms with Crippen molar-refractivity contribution in [3.8, 4) is 5.75 Å². The quantitative estimate of drug-likeness (QED) is 0.356. The van der Waals surface area contributed by atoms with Crippen LogP contribution in [0.3, 0.4) is 0 Å². The number of halogens is 2. The molecule has 13 heteroatoms. The van der Waals surface area contributed by atoms with Gasteiger partial charge in [0.05, 0.1) is 35.3 Å². The van der Waals surface area contributed by atoms with Crippen LogP contribution in [-0.4, -0.2) is 73.6 Å². The van der Waals surface area contributed by atoms with Crippen molar-refractivity contribution in [2.45, 2.75) is 30.9 Å². The monoisotopic (exact) mass is 602 g/mol. The normalized spacial score (nSPS) is 18.0. The summed E-state index contributed by atoms with van der Waals surface area (Å²) in [6.07, 6.45) is -0.812. The zero-order chi connectivity index (χ0) is 30.6. The van der Waals surface area contributed by atoms with E-state index in [1.54, 1.807) is 19.9 Å². The van der Waals surface area contributed by atoms with E-state index in [2.05, 4.69) is 10.6 Å². The number of aliphatic hydroxyl groups excluding tert-OH is 1. The van der Waals surface area contributed by atoms with Crippen molar-refractivity contribution in [3.63, 3.8) is 0 Å². The number of hydrogen-bond donors (Lipinski definition) is 3. The predicted molar refractivity (Wildman–Crippen MR) is 153 cm³/mol. The van der Waals surface area contributed by atoms with Gasteiger partial charge in [-0.15, -0.1) is 0 Å². The van der Waals surface area contributed by atoms with Gasteiger partial charge in [0, 0.05) is 25.2 Å². The number of carbonyl (C=O) groups excluding carboxylic acids is 2. The molecule has 0 radical (unpaired) electrons. The van der Waals surface area contributed by atoms with Crippen molar-refractivity contribution in [2.75, 3.05) is 37.4 Å². The molecule has 0 aromatic heterocycles. The molecule has 0 unspecified atom stereocenters. The van der Waals surface area contributed by atoms with Crippen molar-refractivity contribution in [3.05, 3.63) is 83.9 Å². The minimum atomic E-state index is -4.03. The molecule has 3 atom stereocenters. The molecule has 3 aromatic rings. The lowest BCUT2D eigenvalue weighted by atomic mass is 9.99. The number of fused-ring (bicyclic) bond motifs is 1. The second-order valence-electron chi connectivity index (χ2n) is 10.1. The van der Waals surface area contributed by atoms with Gasteiger partial charge in [0.2, 0.25) is 10.0 Å². The number of carbonyl (C=O) groups is 2. The smallest absolute Gasteiger partial charge is 0.323 e. The van der Waals surface area contributed by atoms with Crippen molar-refractivity contribution in [2.24, 2.45) is 5.92 Å². The van der Waals surface area contributed by atoms with E-state index in [1.807, 2.05) is 0 Å². The van der Waals surface area contributed by atoms with E-state index in [4.69, 9.17) is 4.74 Å². The topological polar surface area (TPSA) is 128 Å². The number of aliphatic hydroxyl groups is 1. The van der Waals surface area contributed by atoms with E-state index in [0.717, 1.165) is 16.4 Å². The Bertz CT molecular complexity index is 1540. The number of sulfonamides is 1. The van der Waals surface area contributed by atoms with E-state index in [0.29, 0.717) is 5.69 Å². The van der Waals surface area contributed by atoms with Gasteiger partial charge in [-0.25, -0.2) is 22.0 Å². The highest BCUT2D eigenvalue weighted by atomic mass is 32.2. The lowest BCUT2D eigenvalue weighted by Gasteiger charge is -2.38. The van der Waals surface area contributed by atoms with Crippen LogP contribution in [0, 0.1) is 17.6 Å². The average Bonchev–Trinajstić information content (AvgIpc) is 2.96. The highest BCUT2D eigenvalue weighted by Gasteiger charge is 2.36. The summed E-state index contributed by atoms with van der Waals surface area (Å²) in [7, 11) is -2.66. The van der Waals surface area contributed by atoms with Crippen LogP contribution in [-0.2, 0) is 10.0 Å². The van der Waals surface area contributed by atoms with Crippen LogP contribution in [0.25, 0.3) is 0 Å². The number of nitrogens with zero attached hydrogens (tertiary/aromatic N) is 2. The first-order valence-electron chi connectivity index (χ1n) is 13.2. The Morgan fingerprint density at radius 1 is 1.07 bits per heavy atom. The van der Waals surface area contributed by atoms with Gasteiger partial charge in [-0.2, -0.15) is 4.31 Å². The minimum Gasteiger partial charge on any atom is -0.486 e. The van der Waals surface area contributed by atoms with Crippen molar-refractivity contribution >= 4 is 33.3 Å². The summed E-state index contributed by atoms with van der Waals surface area (Å²) in [5.74, 6) is -1.88. The molecule has 1 aliphatic rings. The number of likely N-dealkylation sites (N-methyl/N-ethyl adjacent to an activating group) is 1.